The molecule has 5 nitrogen and oxygen atoms in total. The number of fused-ring (bicyclic) bond motifs is 1. The number of hydrogen-bond donors (Lipinski definition) is 0. The molecule has 3 aromatic rings. The fourth-order valence-electron chi connectivity index (χ4n) is 3.18. The minimum absolute atomic E-state index is 0.0642. The Morgan fingerprint density at radius 3 is 2.59 bits per heavy atom. The van der Waals surface area contributed by atoms with Gasteiger partial charge >= 0.3 is 0 Å². The monoisotopic (exact) mass is 362 g/mol. The van der Waals surface area contributed by atoms with Crippen LogP contribution in [0.5, 0.6) is 5.75 Å². The molecular formula is C22H22N2O3. The zero-order valence-electron chi connectivity index (χ0n) is 15.8. The maximum Gasteiger partial charge on any atom is 0.258 e. The molecule has 0 unspecified atom stereocenters. The highest BCUT2D eigenvalue weighted by Crippen LogP contribution is 2.30. The summed E-state index contributed by atoms with van der Waals surface area (Å²) in [5.74, 6) is 1.22. The van der Waals surface area contributed by atoms with Crippen molar-refractivity contribution in [2.24, 2.45) is 0 Å². The van der Waals surface area contributed by atoms with E-state index in [1.54, 1.807) is 19.2 Å². The van der Waals surface area contributed by atoms with Crippen LogP contribution < -0.4 is 4.74 Å². The summed E-state index contributed by atoms with van der Waals surface area (Å²) in [4.78, 5) is 15.1. The molecular weight excluding hydrogens is 340 g/mol. The van der Waals surface area contributed by atoms with Crippen LogP contribution in [0, 0.1) is 18.3 Å². The molecule has 0 radical (unpaired) electrons. The molecule has 0 saturated heterocycles. The predicted molar refractivity (Wildman–Crippen MR) is 104 cm³/mol. The molecule has 2 aromatic carbocycles. The van der Waals surface area contributed by atoms with E-state index in [4.69, 9.17) is 14.4 Å². The van der Waals surface area contributed by atoms with Crippen LogP contribution >= 0.6 is 0 Å². The average Bonchev–Trinajstić information content (AvgIpc) is 3.02. The van der Waals surface area contributed by atoms with Crippen molar-refractivity contribution < 1.29 is 13.9 Å². The lowest BCUT2D eigenvalue weighted by molar-refractivity contribution is 0.0743. The molecule has 0 spiro atoms. The number of amides is 1. The highest BCUT2D eigenvalue weighted by atomic mass is 16.5. The average molecular weight is 362 g/mol. The van der Waals surface area contributed by atoms with Gasteiger partial charge in [0, 0.05) is 18.5 Å². The van der Waals surface area contributed by atoms with E-state index in [9.17, 15) is 4.79 Å². The number of ether oxygens (including phenoxy) is 1. The van der Waals surface area contributed by atoms with E-state index in [0.717, 1.165) is 17.4 Å². The van der Waals surface area contributed by atoms with Gasteiger partial charge in [0.15, 0.2) is 0 Å². The van der Waals surface area contributed by atoms with Gasteiger partial charge in [-0.15, -0.1) is 0 Å². The summed E-state index contributed by atoms with van der Waals surface area (Å²) >= 11 is 0. The second kappa shape index (κ2) is 7.96. The van der Waals surface area contributed by atoms with E-state index in [1.807, 2.05) is 49.1 Å². The number of hydrogen-bond acceptors (Lipinski definition) is 4. The molecule has 0 bridgehead atoms. The summed E-state index contributed by atoms with van der Waals surface area (Å²) < 4.78 is 11.1. The van der Waals surface area contributed by atoms with Gasteiger partial charge in [0.2, 0.25) is 0 Å². The Balaban J connectivity index is 1.95. The first-order valence-corrected chi connectivity index (χ1v) is 8.92. The van der Waals surface area contributed by atoms with E-state index >= 15 is 0 Å². The summed E-state index contributed by atoms with van der Waals surface area (Å²) in [6, 6.07) is 14.9. The Morgan fingerprint density at radius 2 is 1.96 bits per heavy atom. The van der Waals surface area contributed by atoms with Gasteiger partial charge in [-0.1, -0.05) is 19.1 Å². The number of carbonyl (C=O) groups is 1. The number of methoxy groups -OCH3 is 1. The molecule has 1 aromatic heterocycles. The van der Waals surface area contributed by atoms with Crippen LogP contribution in [0.1, 0.15) is 40.6 Å². The highest BCUT2D eigenvalue weighted by molar-refractivity contribution is 6.07. The number of aryl methyl sites for hydroxylation is 1. The molecule has 0 saturated carbocycles. The Labute approximate surface area is 158 Å². The van der Waals surface area contributed by atoms with Crippen LogP contribution in [0.4, 0.5) is 0 Å². The van der Waals surface area contributed by atoms with Crippen molar-refractivity contribution in [1.82, 2.24) is 4.90 Å². The van der Waals surface area contributed by atoms with Crippen LogP contribution in [0.15, 0.2) is 46.9 Å². The van der Waals surface area contributed by atoms with Crippen LogP contribution in [0.2, 0.25) is 0 Å². The summed E-state index contributed by atoms with van der Waals surface area (Å²) in [6.07, 6.45) is 0.847. The normalized spacial score (nSPS) is 10.6. The second-order valence-corrected chi connectivity index (χ2v) is 6.43. The lowest BCUT2D eigenvalue weighted by Crippen LogP contribution is -2.31. The van der Waals surface area contributed by atoms with Crippen molar-refractivity contribution in [3.63, 3.8) is 0 Å². The van der Waals surface area contributed by atoms with Crippen LogP contribution in [0.3, 0.4) is 0 Å². The largest absolute Gasteiger partial charge is 0.497 e. The van der Waals surface area contributed by atoms with Gasteiger partial charge in [-0.2, -0.15) is 5.26 Å². The quantitative estimate of drug-likeness (QED) is 0.639. The predicted octanol–water partition coefficient (Wildman–Crippen LogP) is 4.67. The van der Waals surface area contributed by atoms with Crippen molar-refractivity contribution in [2.45, 2.75) is 26.8 Å². The van der Waals surface area contributed by atoms with E-state index in [-0.39, 0.29) is 5.91 Å². The standard InChI is InChI=1S/C22H22N2O3/c1-4-11-24(14-17-7-5-16(13-23)6-8-17)22(25)21-15(2)27-20-10-9-18(26-3)12-19(20)21/h5-10,12H,4,11,14H2,1-3H3. The van der Waals surface area contributed by atoms with E-state index in [2.05, 4.69) is 6.07 Å². The summed E-state index contributed by atoms with van der Waals surface area (Å²) in [6.45, 7) is 4.97. The van der Waals surface area contributed by atoms with Crippen molar-refractivity contribution in [3.05, 3.63) is 64.9 Å². The highest BCUT2D eigenvalue weighted by Gasteiger charge is 2.23. The topological polar surface area (TPSA) is 66.5 Å². The minimum atomic E-state index is -0.0642. The van der Waals surface area contributed by atoms with Crippen molar-refractivity contribution in [3.8, 4) is 11.8 Å². The van der Waals surface area contributed by atoms with Gasteiger partial charge in [-0.25, -0.2) is 0 Å². The maximum absolute atomic E-state index is 13.3. The number of carbonyl (C=O) groups excluding carboxylic acids is 1. The number of nitriles is 1. The van der Waals surface area contributed by atoms with E-state index in [0.29, 0.717) is 41.3 Å². The third kappa shape index (κ3) is 3.80. The molecule has 0 aliphatic rings. The van der Waals surface area contributed by atoms with Gasteiger partial charge in [0.25, 0.3) is 5.91 Å². The van der Waals surface area contributed by atoms with Crippen LogP contribution in [-0.2, 0) is 6.54 Å². The van der Waals surface area contributed by atoms with Gasteiger partial charge < -0.3 is 14.1 Å². The third-order valence-corrected chi connectivity index (χ3v) is 4.52. The van der Waals surface area contributed by atoms with Crippen LogP contribution in [-0.4, -0.2) is 24.5 Å². The second-order valence-electron chi connectivity index (χ2n) is 6.43. The SMILES string of the molecule is CCCN(Cc1ccc(C#N)cc1)C(=O)c1c(C)oc2ccc(OC)cc12. The molecule has 0 fully saturated rings. The molecule has 0 N–H and O–H groups in total. The number of furan rings is 1. The maximum atomic E-state index is 13.3. The number of benzene rings is 2. The fourth-order valence-corrected chi connectivity index (χ4v) is 3.18. The first kappa shape index (κ1) is 18.5. The van der Waals surface area contributed by atoms with Crippen molar-refractivity contribution >= 4 is 16.9 Å². The van der Waals surface area contributed by atoms with Crippen molar-refractivity contribution in [1.29, 1.82) is 5.26 Å². The lowest BCUT2D eigenvalue weighted by atomic mass is 10.1. The number of nitrogens with zero attached hydrogens (tertiary/aromatic N) is 2. The Morgan fingerprint density at radius 1 is 1.22 bits per heavy atom. The van der Waals surface area contributed by atoms with E-state index in [1.165, 1.54) is 0 Å². The molecule has 0 aliphatic carbocycles. The molecule has 138 valence electrons. The lowest BCUT2D eigenvalue weighted by Gasteiger charge is -2.22. The Hall–Kier alpha value is -3.26. The van der Waals surface area contributed by atoms with Gasteiger partial charge in [-0.05, 0) is 49.2 Å². The first-order valence-electron chi connectivity index (χ1n) is 8.92. The number of rotatable bonds is 6. The minimum Gasteiger partial charge on any atom is -0.497 e. The first-order chi connectivity index (χ1) is 13.1. The summed E-state index contributed by atoms with van der Waals surface area (Å²) in [7, 11) is 1.60. The molecule has 1 amide bonds. The molecule has 5 heteroatoms. The smallest absolute Gasteiger partial charge is 0.258 e. The van der Waals surface area contributed by atoms with Gasteiger partial charge in [-0.3, -0.25) is 4.79 Å². The summed E-state index contributed by atoms with van der Waals surface area (Å²) in [5, 5.41) is 9.71. The third-order valence-electron chi connectivity index (χ3n) is 4.52. The molecule has 27 heavy (non-hydrogen) atoms. The Kier molecular flexibility index (Phi) is 5.46. The van der Waals surface area contributed by atoms with E-state index < -0.39 is 0 Å². The molecule has 1 heterocycles. The zero-order chi connectivity index (χ0) is 19.4. The fraction of sp³-hybridized carbons (Fsp3) is 0.273. The van der Waals surface area contributed by atoms with Gasteiger partial charge in [0.1, 0.15) is 17.1 Å². The Bertz CT molecular complexity index is 997. The van der Waals surface area contributed by atoms with Crippen LogP contribution in [0.25, 0.3) is 11.0 Å². The van der Waals surface area contributed by atoms with Gasteiger partial charge in [0.05, 0.1) is 24.3 Å². The van der Waals surface area contributed by atoms with Crippen molar-refractivity contribution in [2.75, 3.05) is 13.7 Å². The zero-order valence-corrected chi connectivity index (χ0v) is 15.8. The molecule has 0 atom stereocenters. The molecule has 0 aliphatic heterocycles. The summed E-state index contributed by atoms with van der Waals surface area (Å²) in [5.41, 5.74) is 2.84. The molecule has 3 rings (SSSR count).